The van der Waals surface area contributed by atoms with Gasteiger partial charge in [-0.25, -0.2) is 0 Å². The summed E-state index contributed by atoms with van der Waals surface area (Å²) >= 11 is 0. The highest BCUT2D eigenvalue weighted by molar-refractivity contribution is 5.33. The molecule has 0 unspecified atom stereocenters. The first-order valence-corrected chi connectivity index (χ1v) is 5.02. The molecular formula is C13H19N. The molecule has 1 aromatic heterocycles. The number of nitrogens with zero attached hydrogens (tertiary/aromatic N) is 1. The lowest BCUT2D eigenvalue weighted by atomic mass is 9.83. The molecule has 0 spiro atoms. The zero-order valence-electron chi connectivity index (χ0n) is 9.59. The summed E-state index contributed by atoms with van der Waals surface area (Å²) in [5.74, 6) is 0. The van der Waals surface area contributed by atoms with E-state index in [9.17, 15) is 0 Å². The topological polar surface area (TPSA) is 12.9 Å². The van der Waals surface area contributed by atoms with Gasteiger partial charge < -0.3 is 0 Å². The zero-order chi connectivity index (χ0) is 10.8. The fourth-order valence-corrected chi connectivity index (χ4v) is 1.60. The largest absolute Gasteiger partial charge is 0.261 e. The average Bonchev–Trinajstić information content (AvgIpc) is 2.07. The van der Waals surface area contributed by atoms with Crippen LogP contribution in [-0.4, -0.2) is 4.98 Å². The number of aromatic nitrogens is 1. The number of pyridine rings is 1. The van der Waals surface area contributed by atoms with E-state index in [2.05, 4.69) is 38.4 Å². The summed E-state index contributed by atoms with van der Waals surface area (Å²) in [4.78, 5) is 4.32. The van der Waals surface area contributed by atoms with Crippen LogP contribution >= 0.6 is 0 Å². The Labute approximate surface area is 86.9 Å². The predicted molar refractivity (Wildman–Crippen MR) is 61.6 cm³/mol. The molecule has 1 heteroatoms. The van der Waals surface area contributed by atoms with Crippen molar-refractivity contribution in [3.05, 3.63) is 41.7 Å². The molecule has 0 bridgehead atoms. The van der Waals surface area contributed by atoms with Crippen LogP contribution in [0.15, 0.2) is 24.9 Å². The molecule has 0 fully saturated rings. The number of rotatable bonds is 2. The number of hydrogen-bond acceptors (Lipinski definition) is 1. The van der Waals surface area contributed by atoms with E-state index in [1.807, 2.05) is 19.2 Å². The van der Waals surface area contributed by atoms with Crippen molar-refractivity contribution in [2.75, 3.05) is 0 Å². The molecule has 0 N–H and O–H groups in total. The summed E-state index contributed by atoms with van der Waals surface area (Å²) < 4.78 is 0. The van der Waals surface area contributed by atoms with Gasteiger partial charge in [-0.1, -0.05) is 26.8 Å². The Hall–Kier alpha value is -1.11. The lowest BCUT2D eigenvalue weighted by Crippen LogP contribution is -2.14. The Morgan fingerprint density at radius 1 is 1.43 bits per heavy atom. The third-order valence-corrected chi connectivity index (χ3v) is 2.30. The van der Waals surface area contributed by atoms with Crippen LogP contribution in [0, 0.1) is 6.92 Å². The minimum absolute atomic E-state index is 0.187. The second-order valence-corrected chi connectivity index (χ2v) is 4.73. The molecule has 1 nitrogen and oxygen atoms in total. The van der Waals surface area contributed by atoms with Gasteiger partial charge in [-0.2, -0.15) is 0 Å². The van der Waals surface area contributed by atoms with Crippen molar-refractivity contribution in [3.8, 4) is 0 Å². The van der Waals surface area contributed by atoms with E-state index in [1.54, 1.807) is 0 Å². The SMILES string of the molecule is C=CCc1cnc(C)cc1C(C)(C)C. The molecule has 1 rings (SSSR count). The average molecular weight is 189 g/mol. The summed E-state index contributed by atoms with van der Waals surface area (Å²) in [7, 11) is 0. The maximum atomic E-state index is 4.32. The van der Waals surface area contributed by atoms with Crippen molar-refractivity contribution in [1.82, 2.24) is 4.98 Å². The molecule has 14 heavy (non-hydrogen) atoms. The molecule has 0 saturated heterocycles. The van der Waals surface area contributed by atoms with Gasteiger partial charge in [0.2, 0.25) is 0 Å². The van der Waals surface area contributed by atoms with E-state index in [1.165, 1.54) is 11.1 Å². The van der Waals surface area contributed by atoms with E-state index in [0.717, 1.165) is 12.1 Å². The minimum Gasteiger partial charge on any atom is -0.261 e. The highest BCUT2D eigenvalue weighted by Gasteiger charge is 2.17. The van der Waals surface area contributed by atoms with Gasteiger partial charge in [-0.05, 0) is 36.0 Å². The molecule has 0 saturated carbocycles. The van der Waals surface area contributed by atoms with Gasteiger partial charge in [-0.3, -0.25) is 4.98 Å². The maximum absolute atomic E-state index is 4.32. The van der Waals surface area contributed by atoms with Gasteiger partial charge in [0.15, 0.2) is 0 Å². The fraction of sp³-hybridized carbons (Fsp3) is 0.462. The van der Waals surface area contributed by atoms with Gasteiger partial charge >= 0.3 is 0 Å². The summed E-state index contributed by atoms with van der Waals surface area (Å²) in [6.07, 6.45) is 4.80. The smallest absolute Gasteiger partial charge is 0.0375 e. The van der Waals surface area contributed by atoms with Crippen LogP contribution in [0.1, 0.15) is 37.6 Å². The van der Waals surface area contributed by atoms with Crippen molar-refractivity contribution in [3.63, 3.8) is 0 Å². The normalized spacial score (nSPS) is 11.4. The van der Waals surface area contributed by atoms with Crippen LogP contribution in [-0.2, 0) is 11.8 Å². The molecular weight excluding hydrogens is 170 g/mol. The highest BCUT2D eigenvalue weighted by Crippen LogP contribution is 2.26. The van der Waals surface area contributed by atoms with Crippen LogP contribution in [0.3, 0.4) is 0 Å². The van der Waals surface area contributed by atoms with Crippen LogP contribution in [0.2, 0.25) is 0 Å². The first-order chi connectivity index (χ1) is 6.45. The Morgan fingerprint density at radius 2 is 2.07 bits per heavy atom. The molecule has 76 valence electrons. The minimum atomic E-state index is 0.187. The number of allylic oxidation sites excluding steroid dienone is 1. The Bertz CT molecular complexity index is 332. The number of hydrogen-bond donors (Lipinski definition) is 0. The lowest BCUT2D eigenvalue weighted by molar-refractivity contribution is 0.582. The molecule has 1 heterocycles. The monoisotopic (exact) mass is 189 g/mol. The molecule has 0 aliphatic rings. The second-order valence-electron chi connectivity index (χ2n) is 4.73. The molecule has 0 aliphatic heterocycles. The Morgan fingerprint density at radius 3 is 2.57 bits per heavy atom. The van der Waals surface area contributed by atoms with Gasteiger partial charge in [0, 0.05) is 11.9 Å². The quantitative estimate of drug-likeness (QED) is 0.650. The van der Waals surface area contributed by atoms with E-state index < -0.39 is 0 Å². The van der Waals surface area contributed by atoms with Crippen molar-refractivity contribution in [2.45, 2.75) is 39.5 Å². The fourth-order valence-electron chi connectivity index (χ4n) is 1.60. The molecule has 0 aromatic carbocycles. The maximum Gasteiger partial charge on any atom is 0.0375 e. The second kappa shape index (κ2) is 3.95. The van der Waals surface area contributed by atoms with Gasteiger partial charge in [-0.15, -0.1) is 6.58 Å². The first-order valence-electron chi connectivity index (χ1n) is 5.02. The third kappa shape index (κ3) is 2.44. The zero-order valence-corrected chi connectivity index (χ0v) is 9.59. The molecule has 0 amide bonds. The van der Waals surface area contributed by atoms with Crippen LogP contribution in [0.4, 0.5) is 0 Å². The van der Waals surface area contributed by atoms with Crippen LogP contribution in [0.25, 0.3) is 0 Å². The highest BCUT2D eigenvalue weighted by atomic mass is 14.7. The summed E-state index contributed by atoms with van der Waals surface area (Å²) in [6, 6.07) is 2.18. The predicted octanol–water partition coefficient (Wildman–Crippen LogP) is 3.42. The van der Waals surface area contributed by atoms with Gasteiger partial charge in [0.25, 0.3) is 0 Å². The van der Waals surface area contributed by atoms with Crippen LogP contribution in [0.5, 0.6) is 0 Å². The summed E-state index contributed by atoms with van der Waals surface area (Å²) in [6.45, 7) is 12.5. The number of aryl methyl sites for hydroxylation is 1. The van der Waals surface area contributed by atoms with E-state index in [-0.39, 0.29) is 5.41 Å². The van der Waals surface area contributed by atoms with Crippen LogP contribution < -0.4 is 0 Å². The lowest BCUT2D eigenvalue weighted by Gasteiger charge is -2.22. The van der Waals surface area contributed by atoms with E-state index >= 15 is 0 Å². The van der Waals surface area contributed by atoms with E-state index in [0.29, 0.717) is 0 Å². The summed E-state index contributed by atoms with van der Waals surface area (Å²) in [5, 5.41) is 0. The third-order valence-electron chi connectivity index (χ3n) is 2.30. The van der Waals surface area contributed by atoms with Crippen molar-refractivity contribution in [1.29, 1.82) is 0 Å². The van der Waals surface area contributed by atoms with Crippen molar-refractivity contribution >= 4 is 0 Å². The van der Waals surface area contributed by atoms with Crippen molar-refractivity contribution < 1.29 is 0 Å². The van der Waals surface area contributed by atoms with Gasteiger partial charge in [0.05, 0.1) is 0 Å². The Balaban J connectivity index is 3.22. The van der Waals surface area contributed by atoms with Crippen molar-refractivity contribution in [2.24, 2.45) is 0 Å². The van der Waals surface area contributed by atoms with Gasteiger partial charge in [0.1, 0.15) is 0 Å². The summed E-state index contributed by atoms with van der Waals surface area (Å²) in [5.41, 5.74) is 3.94. The molecule has 1 aromatic rings. The standard InChI is InChI=1S/C13H19N/c1-6-7-11-9-14-10(2)8-12(11)13(3,4)5/h6,8-9H,1,7H2,2-5H3. The molecule has 0 aliphatic carbocycles. The molecule has 0 atom stereocenters. The Kier molecular flexibility index (Phi) is 3.10. The molecule has 0 radical (unpaired) electrons. The van der Waals surface area contributed by atoms with E-state index in [4.69, 9.17) is 0 Å². The first kappa shape index (κ1) is 11.0.